The van der Waals surface area contributed by atoms with E-state index in [-0.39, 0.29) is 26.7 Å². The van der Waals surface area contributed by atoms with Crippen LogP contribution in [-0.4, -0.2) is 19.6 Å². The largest absolute Gasteiger partial charge is 0.506 e. The summed E-state index contributed by atoms with van der Waals surface area (Å²) in [6.45, 7) is 3.78. The van der Waals surface area contributed by atoms with Crippen LogP contribution in [0.4, 0.5) is 0 Å². The molecule has 0 fully saturated rings. The molecule has 4 nitrogen and oxygen atoms in total. The van der Waals surface area contributed by atoms with Crippen molar-refractivity contribution in [1.29, 1.82) is 0 Å². The van der Waals surface area contributed by atoms with Gasteiger partial charge in [-0.25, -0.2) is 8.42 Å². The highest BCUT2D eigenvalue weighted by atomic mass is 35.5. The topological polar surface area (TPSA) is 63.6 Å². The van der Waals surface area contributed by atoms with Gasteiger partial charge in [0.25, 0.3) is 0 Å². The zero-order valence-electron chi connectivity index (χ0n) is 11.6. The molecule has 0 atom stereocenters. The minimum Gasteiger partial charge on any atom is -0.506 e. The summed E-state index contributed by atoms with van der Waals surface area (Å²) >= 11 is 5.76. The van der Waals surface area contributed by atoms with Crippen LogP contribution in [0.5, 0.6) is 11.5 Å². The van der Waals surface area contributed by atoms with Crippen LogP contribution in [0.1, 0.15) is 13.8 Å². The number of phenols is 1. The van der Waals surface area contributed by atoms with Crippen molar-refractivity contribution in [2.45, 2.75) is 29.7 Å². The molecule has 21 heavy (non-hydrogen) atoms. The molecule has 0 spiro atoms. The molecule has 0 aliphatic heterocycles. The molecular weight excluding hydrogens is 312 g/mol. The van der Waals surface area contributed by atoms with Crippen molar-refractivity contribution in [3.05, 3.63) is 47.5 Å². The third-order valence-electron chi connectivity index (χ3n) is 2.74. The summed E-state index contributed by atoms with van der Waals surface area (Å²) in [5.41, 5.74) is 0. The molecular formula is C15H15ClO4S. The minimum atomic E-state index is -3.67. The molecule has 0 saturated carbocycles. The van der Waals surface area contributed by atoms with Crippen LogP contribution in [0.15, 0.2) is 52.3 Å². The standard InChI is InChI=1S/C15H15ClO4S/c1-10(2)20-11-3-5-12(6-4-11)21(18,19)13-7-8-15(17)14(16)9-13/h3-10,17H,1-2H3. The van der Waals surface area contributed by atoms with E-state index in [1.54, 1.807) is 12.1 Å². The molecule has 0 unspecified atom stereocenters. The number of sulfone groups is 1. The average Bonchev–Trinajstić information content (AvgIpc) is 2.41. The molecule has 2 aromatic carbocycles. The number of hydrogen-bond acceptors (Lipinski definition) is 4. The van der Waals surface area contributed by atoms with Gasteiger partial charge in [-0.3, -0.25) is 0 Å². The molecule has 112 valence electrons. The van der Waals surface area contributed by atoms with Crippen LogP contribution >= 0.6 is 11.6 Å². The molecule has 0 amide bonds. The Morgan fingerprint density at radius 3 is 2.14 bits per heavy atom. The van der Waals surface area contributed by atoms with E-state index in [2.05, 4.69) is 0 Å². The lowest BCUT2D eigenvalue weighted by molar-refractivity contribution is 0.242. The fourth-order valence-electron chi connectivity index (χ4n) is 1.76. The Labute approximate surface area is 128 Å². The van der Waals surface area contributed by atoms with Crippen molar-refractivity contribution in [2.24, 2.45) is 0 Å². The summed E-state index contributed by atoms with van der Waals surface area (Å²) in [5, 5.41) is 9.35. The molecule has 0 bridgehead atoms. The maximum atomic E-state index is 12.4. The highest BCUT2D eigenvalue weighted by Gasteiger charge is 2.19. The quantitative estimate of drug-likeness (QED) is 0.931. The summed E-state index contributed by atoms with van der Waals surface area (Å²) in [7, 11) is -3.67. The number of aromatic hydroxyl groups is 1. The SMILES string of the molecule is CC(C)Oc1ccc(S(=O)(=O)c2ccc(O)c(Cl)c2)cc1. The summed E-state index contributed by atoms with van der Waals surface area (Å²) in [6.07, 6.45) is 0.0170. The van der Waals surface area contributed by atoms with E-state index < -0.39 is 9.84 Å². The molecule has 6 heteroatoms. The molecule has 0 aromatic heterocycles. The van der Waals surface area contributed by atoms with E-state index in [1.807, 2.05) is 13.8 Å². The first-order valence-electron chi connectivity index (χ1n) is 6.31. The lowest BCUT2D eigenvalue weighted by atomic mass is 10.3. The van der Waals surface area contributed by atoms with Crippen molar-refractivity contribution < 1.29 is 18.3 Å². The zero-order valence-corrected chi connectivity index (χ0v) is 13.1. The maximum absolute atomic E-state index is 12.4. The van der Waals surface area contributed by atoms with Crippen LogP contribution in [0.25, 0.3) is 0 Å². The van der Waals surface area contributed by atoms with E-state index in [4.69, 9.17) is 16.3 Å². The Morgan fingerprint density at radius 2 is 1.62 bits per heavy atom. The van der Waals surface area contributed by atoms with Crippen molar-refractivity contribution in [1.82, 2.24) is 0 Å². The van der Waals surface area contributed by atoms with Gasteiger partial charge in [0.15, 0.2) is 0 Å². The first-order chi connectivity index (χ1) is 9.80. The molecule has 0 aliphatic carbocycles. The van der Waals surface area contributed by atoms with Gasteiger partial charge in [0.1, 0.15) is 11.5 Å². The van der Waals surface area contributed by atoms with Crippen molar-refractivity contribution in [2.75, 3.05) is 0 Å². The lowest BCUT2D eigenvalue weighted by Gasteiger charge is -2.10. The normalized spacial score (nSPS) is 11.6. The van der Waals surface area contributed by atoms with E-state index in [9.17, 15) is 13.5 Å². The fraction of sp³-hybridized carbons (Fsp3) is 0.200. The Bertz CT molecular complexity index is 737. The van der Waals surface area contributed by atoms with Gasteiger partial charge in [0.2, 0.25) is 9.84 Å². The number of benzene rings is 2. The van der Waals surface area contributed by atoms with Crippen molar-refractivity contribution in [3.63, 3.8) is 0 Å². The van der Waals surface area contributed by atoms with E-state index in [0.717, 1.165) is 0 Å². The number of halogens is 1. The first kappa shape index (κ1) is 15.7. The van der Waals surface area contributed by atoms with Gasteiger partial charge in [-0.2, -0.15) is 0 Å². The highest BCUT2D eigenvalue weighted by molar-refractivity contribution is 7.91. The molecule has 2 rings (SSSR count). The Balaban J connectivity index is 2.37. The van der Waals surface area contributed by atoms with Gasteiger partial charge < -0.3 is 9.84 Å². The summed E-state index contributed by atoms with van der Waals surface area (Å²) < 4.78 is 30.4. The Kier molecular flexibility index (Phi) is 4.44. The highest BCUT2D eigenvalue weighted by Crippen LogP contribution is 2.29. The smallest absolute Gasteiger partial charge is 0.206 e. The second-order valence-electron chi connectivity index (χ2n) is 4.75. The first-order valence-corrected chi connectivity index (χ1v) is 8.17. The average molecular weight is 327 g/mol. The van der Waals surface area contributed by atoms with Gasteiger partial charge in [0.05, 0.1) is 20.9 Å². The number of phenolic OH excluding ortho intramolecular Hbond substituents is 1. The van der Waals surface area contributed by atoms with Crippen molar-refractivity contribution >= 4 is 21.4 Å². The molecule has 0 radical (unpaired) electrons. The lowest BCUT2D eigenvalue weighted by Crippen LogP contribution is -2.06. The molecule has 0 heterocycles. The third-order valence-corrected chi connectivity index (χ3v) is 4.81. The zero-order chi connectivity index (χ0) is 15.6. The minimum absolute atomic E-state index is 0.00386. The van der Waals surface area contributed by atoms with Gasteiger partial charge in [-0.05, 0) is 56.3 Å². The third kappa shape index (κ3) is 3.49. The van der Waals surface area contributed by atoms with Crippen LogP contribution in [-0.2, 0) is 9.84 Å². The second-order valence-corrected chi connectivity index (χ2v) is 7.11. The summed E-state index contributed by atoms with van der Waals surface area (Å²) in [5.74, 6) is 0.448. The molecule has 2 aromatic rings. The number of ether oxygens (including phenoxy) is 1. The van der Waals surface area contributed by atoms with Crippen LogP contribution in [0, 0.1) is 0 Å². The molecule has 0 aliphatic rings. The van der Waals surface area contributed by atoms with Crippen LogP contribution in [0.3, 0.4) is 0 Å². The van der Waals surface area contributed by atoms with Gasteiger partial charge in [-0.1, -0.05) is 11.6 Å². The van der Waals surface area contributed by atoms with Crippen LogP contribution in [0.2, 0.25) is 5.02 Å². The second kappa shape index (κ2) is 5.95. The predicted molar refractivity (Wildman–Crippen MR) is 80.8 cm³/mol. The number of hydrogen-bond donors (Lipinski definition) is 1. The van der Waals surface area contributed by atoms with E-state index >= 15 is 0 Å². The van der Waals surface area contributed by atoms with E-state index in [0.29, 0.717) is 5.75 Å². The van der Waals surface area contributed by atoms with Crippen LogP contribution < -0.4 is 4.74 Å². The summed E-state index contributed by atoms with van der Waals surface area (Å²) in [4.78, 5) is 0.170. The van der Waals surface area contributed by atoms with E-state index in [1.165, 1.54) is 30.3 Å². The Hall–Kier alpha value is -1.72. The van der Waals surface area contributed by atoms with Gasteiger partial charge in [-0.15, -0.1) is 0 Å². The fourth-order valence-corrected chi connectivity index (χ4v) is 3.29. The maximum Gasteiger partial charge on any atom is 0.206 e. The monoisotopic (exact) mass is 326 g/mol. The molecule has 0 saturated heterocycles. The predicted octanol–water partition coefficient (Wildman–Crippen LogP) is 3.67. The number of rotatable bonds is 4. The Morgan fingerprint density at radius 1 is 1.05 bits per heavy atom. The summed E-state index contributed by atoms with van der Waals surface area (Å²) in [6, 6.07) is 9.97. The molecule has 1 N–H and O–H groups in total. The van der Waals surface area contributed by atoms with Gasteiger partial charge in [0, 0.05) is 0 Å². The van der Waals surface area contributed by atoms with Gasteiger partial charge >= 0.3 is 0 Å². The van der Waals surface area contributed by atoms with Crippen molar-refractivity contribution in [3.8, 4) is 11.5 Å².